The first-order valence-electron chi connectivity index (χ1n) is 6.98. The van der Waals surface area contributed by atoms with E-state index in [1.807, 2.05) is 55.5 Å². The van der Waals surface area contributed by atoms with E-state index < -0.39 is 0 Å². The molecule has 2 aromatic rings. The third-order valence-electron chi connectivity index (χ3n) is 3.28. The lowest BCUT2D eigenvalue weighted by Gasteiger charge is -2.14. The lowest BCUT2D eigenvalue weighted by molar-refractivity contribution is -0.117. The molecule has 1 amide bonds. The van der Waals surface area contributed by atoms with E-state index in [1.165, 1.54) is 6.08 Å². The van der Waals surface area contributed by atoms with Gasteiger partial charge in [-0.05, 0) is 30.7 Å². The number of hydrogen-bond donors (Lipinski definition) is 1. The number of para-hydroxylation sites is 1. The molecule has 0 bridgehead atoms. The third-order valence-corrected chi connectivity index (χ3v) is 4.01. The summed E-state index contributed by atoms with van der Waals surface area (Å²) in [5, 5.41) is 2.95. The summed E-state index contributed by atoms with van der Waals surface area (Å²) in [7, 11) is 1.61. The molecule has 0 aliphatic carbocycles. The Balaban J connectivity index is 2.04. The van der Waals surface area contributed by atoms with Crippen molar-refractivity contribution >= 4 is 27.9 Å². The molecule has 0 aromatic heterocycles. The van der Waals surface area contributed by atoms with Crippen LogP contribution in [0.4, 0.5) is 0 Å². The maximum atomic E-state index is 12.1. The number of hydrogen-bond acceptors (Lipinski definition) is 2. The van der Waals surface area contributed by atoms with E-state index >= 15 is 0 Å². The Kier molecular flexibility index (Phi) is 5.78. The van der Waals surface area contributed by atoms with Crippen LogP contribution < -0.4 is 10.1 Å². The normalized spacial score (nSPS) is 12.1. The zero-order valence-electron chi connectivity index (χ0n) is 12.5. The highest BCUT2D eigenvalue weighted by molar-refractivity contribution is 9.10. The van der Waals surface area contributed by atoms with Crippen molar-refractivity contribution in [3.63, 3.8) is 0 Å². The van der Waals surface area contributed by atoms with Gasteiger partial charge in [-0.3, -0.25) is 4.79 Å². The highest BCUT2D eigenvalue weighted by Crippen LogP contribution is 2.23. The quantitative estimate of drug-likeness (QED) is 0.806. The minimum absolute atomic E-state index is 0.0783. The van der Waals surface area contributed by atoms with Crippen LogP contribution >= 0.6 is 15.9 Å². The van der Waals surface area contributed by atoms with Crippen LogP contribution in [0.3, 0.4) is 0 Å². The van der Waals surface area contributed by atoms with Gasteiger partial charge in [0.05, 0.1) is 13.2 Å². The van der Waals surface area contributed by atoms with Crippen LogP contribution in [-0.4, -0.2) is 13.0 Å². The standard InChI is InChI=1S/C18H18BrNO2/c1-13(15-8-4-5-9-16(15)19)20-18(21)12-11-14-7-3-6-10-17(14)22-2/h3-13H,1-2H3,(H,20,21). The van der Waals surface area contributed by atoms with Crippen molar-refractivity contribution in [2.45, 2.75) is 13.0 Å². The molecular weight excluding hydrogens is 342 g/mol. The van der Waals surface area contributed by atoms with Crippen molar-refractivity contribution in [1.82, 2.24) is 5.32 Å². The molecule has 0 heterocycles. The van der Waals surface area contributed by atoms with E-state index in [0.717, 1.165) is 21.3 Å². The molecule has 4 heteroatoms. The molecule has 2 rings (SSSR count). The monoisotopic (exact) mass is 359 g/mol. The molecule has 0 aliphatic rings. The van der Waals surface area contributed by atoms with Gasteiger partial charge in [0.25, 0.3) is 0 Å². The highest BCUT2D eigenvalue weighted by atomic mass is 79.9. The van der Waals surface area contributed by atoms with Crippen LogP contribution in [0, 0.1) is 0 Å². The molecule has 2 aromatic carbocycles. The van der Waals surface area contributed by atoms with E-state index in [9.17, 15) is 4.79 Å². The molecular formula is C18H18BrNO2. The van der Waals surface area contributed by atoms with Crippen LogP contribution in [0.1, 0.15) is 24.1 Å². The van der Waals surface area contributed by atoms with Crippen molar-refractivity contribution < 1.29 is 9.53 Å². The van der Waals surface area contributed by atoms with E-state index in [2.05, 4.69) is 21.2 Å². The fourth-order valence-electron chi connectivity index (χ4n) is 2.14. The molecule has 1 atom stereocenters. The third kappa shape index (κ3) is 4.21. The van der Waals surface area contributed by atoms with Crippen LogP contribution in [0.2, 0.25) is 0 Å². The Morgan fingerprint density at radius 2 is 1.86 bits per heavy atom. The predicted molar refractivity (Wildman–Crippen MR) is 92.7 cm³/mol. The van der Waals surface area contributed by atoms with E-state index in [4.69, 9.17) is 4.74 Å². The Morgan fingerprint density at radius 1 is 1.18 bits per heavy atom. The SMILES string of the molecule is COc1ccccc1C=CC(=O)NC(C)c1ccccc1Br. The summed E-state index contributed by atoms with van der Waals surface area (Å²) in [6, 6.07) is 15.3. The van der Waals surface area contributed by atoms with Crippen molar-refractivity contribution in [3.8, 4) is 5.75 Å². The number of halogens is 1. The lowest BCUT2D eigenvalue weighted by Crippen LogP contribution is -2.24. The molecule has 22 heavy (non-hydrogen) atoms. The zero-order chi connectivity index (χ0) is 15.9. The number of amides is 1. The summed E-state index contributed by atoms with van der Waals surface area (Å²) >= 11 is 3.50. The van der Waals surface area contributed by atoms with Crippen LogP contribution in [0.15, 0.2) is 59.1 Å². The van der Waals surface area contributed by atoms with Gasteiger partial charge in [-0.25, -0.2) is 0 Å². The van der Waals surface area contributed by atoms with E-state index in [0.29, 0.717) is 0 Å². The fourth-order valence-corrected chi connectivity index (χ4v) is 2.76. The van der Waals surface area contributed by atoms with Crippen LogP contribution in [0.25, 0.3) is 6.08 Å². The molecule has 0 saturated carbocycles. The summed E-state index contributed by atoms with van der Waals surface area (Å²) in [4.78, 5) is 12.1. The number of rotatable bonds is 5. The second kappa shape index (κ2) is 7.80. The lowest BCUT2D eigenvalue weighted by atomic mass is 10.1. The number of ether oxygens (including phenoxy) is 1. The molecule has 3 nitrogen and oxygen atoms in total. The number of carbonyl (C=O) groups is 1. The maximum Gasteiger partial charge on any atom is 0.244 e. The maximum absolute atomic E-state index is 12.1. The van der Waals surface area contributed by atoms with Crippen molar-refractivity contribution in [1.29, 1.82) is 0 Å². The molecule has 1 unspecified atom stereocenters. The summed E-state index contributed by atoms with van der Waals surface area (Å²) in [6.45, 7) is 1.95. The summed E-state index contributed by atoms with van der Waals surface area (Å²) < 4.78 is 6.24. The van der Waals surface area contributed by atoms with E-state index in [1.54, 1.807) is 13.2 Å². The van der Waals surface area contributed by atoms with Crippen LogP contribution in [0.5, 0.6) is 5.75 Å². The van der Waals surface area contributed by atoms with Gasteiger partial charge in [0.1, 0.15) is 5.75 Å². The molecule has 0 radical (unpaired) electrons. The van der Waals surface area contributed by atoms with Gasteiger partial charge in [0.2, 0.25) is 5.91 Å². The predicted octanol–water partition coefficient (Wildman–Crippen LogP) is 4.35. The topological polar surface area (TPSA) is 38.3 Å². The smallest absolute Gasteiger partial charge is 0.244 e. The first kappa shape index (κ1) is 16.3. The Labute approximate surface area is 139 Å². The fraction of sp³-hybridized carbons (Fsp3) is 0.167. The van der Waals surface area contributed by atoms with Gasteiger partial charge in [0, 0.05) is 16.1 Å². The molecule has 1 N–H and O–H groups in total. The summed E-state index contributed by atoms with van der Waals surface area (Å²) in [5.41, 5.74) is 1.91. The second-order valence-electron chi connectivity index (χ2n) is 4.83. The highest BCUT2D eigenvalue weighted by Gasteiger charge is 2.10. The molecule has 0 spiro atoms. The van der Waals surface area contributed by atoms with Crippen molar-refractivity contribution in [2.75, 3.05) is 7.11 Å². The largest absolute Gasteiger partial charge is 0.496 e. The molecule has 114 valence electrons. The first-order chi connectivity index (χ1) is 10.6. The van der Waals surface area contributed by atoms with Crippen LogP contribution in [-0.2, 0) is 4.79 Å². The second-order valence-corrected chi connectivity index (χ2v) is 5.68. The van der Waals surface area contributed by atoms with Gasteiger partial charge in [0.15, 0.2) is 0 Å². The van der Waals surface area contributed by atoms with E-state index in [-0.39, 0.29) is 11.9 Å². The van der Waals surface area contributed by atoms with Gasteiger partial charge in [-0.15, -0.1) is 0 Å². The van der Waals surface area contributed by atoms with Gasteiger partial charge < -0.3 is 10.1 Å². The minimum Gasteiger partial charge on any atom is -0.496 e. The minimum atomic E-state index is -0.144. The molecule has 0 aliphatic heterocycles. The number of methoxy groups -OCH3 is 1. The van der Waals surface area contributed by atoms with Crippen molar-refractivity contribution in [3.05, 3.63) is 70.2 Å². The Bertz CT molecular complexity index is 682. The number of carbonyl (C=O) groups excluding carboxylic acids is 1. The Morgan fingerprint density at radius 3 is 2.59 bits per heavy atom. The zero-order valence-corrected chi connectivity index (χ0v) is 14.1. The Hall–Kier alpha value is -2.07. The average molecular weight is 360 g/mol. The number of benzene rings is 2. The van der Waals surface area contributed by atoms with Gasteiger partial charge in [-0.2, -0.15) is 0 Å². The summed E-state index contributed by atoms with van der Waals surface area (Å²) in [5.74, 6) is 0.597. The van der Waals surface area contributed by atoms with Crippen molar-refractivity contribution in [2.24, 2.45) is 0 Å². The number of nitrogens with one attached hydrogen (secondary N) is 1. The average Bonchev–Trinajstić information content (AvgIpc) is 2.53. The van der Waals surface area contributed by atoms with Gasteiger partial charge >= 0.3 is 0 Å². The molecule has 0 saturated heterocycles. The van der Waals surface area contributed by atoms with Gasteiger partial charge in [-0.1, -0.05) is 52.3 Å². The molecule has 0 fully saturated rings. The first-order valence-corrected chi connectivity index (χ1v) is 7.77. The summed E-state index contributed by atoms with van der Waals surface area (Å²) in [6.07, 6.45) is 3.27.